The lowest BCUT2D eigenvalue weighted by molar-refractivity contribution is 0.356. The van der Waals surface area contributed by atoms with Crippen molar-refractivity contribution in [2.45, 2.75) is 6.42 Å². The van der Waals surface area contributed by atoms with E-state index in [4.69, 9.17) is 42.8 Å². The molecule has 0 fully saturated rings. The molecule has 0 spiro atoms. The predicted octanol–water partition coefficient (Wildman–Crippen LogP) is 8.16. The number of halogens is 2. The van der Waals surface area contributed by atoms with Gasteiger partial charge in [-0.15, -0.1) is 0 Å². The van der Waals surface area contributed by atoms with Gasteiger partial charge in [-0.1, -0.05) is 77.8 Å². The Morgan fingerprint density at radius 1 is 0.737 bits per heavy atom. The third-order valence-corrected chi connectivity index (χ3v) is 7.24. The van der Waals surface area contributed by atoms with Crippen molar-refractivity contribution in [1.82, 2.24) is 14.8 Å². The maximum absolute atomic E-state index is 6.71. The highest BCUT2D eigenvalue weighted by Crippen LogP contribution is 2.44. The van der Waals surface area contributed by atoms with Crippen molar-refractivity contribution >= 4 is 45.0 Å². The van der Waals surface area contributed by atoms with Gasteiger partial charge in [0, 0.05) is 22.8 Å². The van der Waals surface area contributed by atoms with Crippen LogP contribution >= 0.6 is 23.2 Å². The molecular formula is C31H23Cl2N3O2. The van der Waals surface area contributed by atoms with E-state index in [9.17, 15) is 0 Å². The van der Waals surface area contributed by atoms with Gasteiger partial charge in [-0.05, 0) is 42.0 Å². The van der Waals surface area contributed by atoms with E-state index in [-0.39, 0.29) is 0 Å². The summed E-state index contributed by atoms with van der Waals surface area (Å²) in [6.45, 7) is 0. The molecule has 2 heterocycles. The lowest BCUT2D eigenvalue weighted by Gasteiger charge is -2.15. The zero-order valence-electron chi connectivity index (χ0n) is 20.8. The topological polar surface area (TPSA) is 49.2 Å². The van der Waals surface area contributed by atoms with Crippen LogP contribution in [0.15, 0.2) is 91.0 Å². The molecule has 0 saturated carbocycles. The van der Waals surface area contributed by atoms with Gasteiger partial charge in [0.15, 0.2) is 17.1 Å². The zero-order valence-corrected chi connectivity index (χ0v) is 22.3. The second-order valence-corrected chi connectivity index (χ2v) is 9.68. The number of methoxy groups -OCH3 is 2. The van der Waals surface area contributed by atoms with Crippen LogP contribution in [0.3, 0.4) is 0 Å². The number of ether oxygens (including phenoxy) is 2. The summed E-state index contributed by atoms with van der Waals surface area (Å²) >= 11 is 13.4. The number of rotatable bonds is 6. The summed E-state index contributed by atoms with van der Waals surface area (Å²) in [5, 5.41) is 8.81. The summed E-state index contributed by atoms with van der Waals surface area (Å²) in [4.78, 5) is 5.20. The minimum absolute atomic E-state index is 0.510. The van der Waals surface area contributed by atoms with Crippen molar-refractivity contribution < 1.29 is 9.47 Å². The van der Waals surface area contributed by atoms with E-state index in [1.165, 1.54) is 0 Å². The molecule has 0 saturated heterocycles. The highest BCUT2D eigenvalue weighted by Gasteiger charge is 2.24. The molecule has 4 aromatic carbocycles. The fourth-order valence-electron chi connectivity index (χ4n) is 4.86. The second-order valence-electron chi connectivity index (χ2n) is 8.86. The number of hydrogen-bond donors (Lipinski definition) is 0. The second kappa shape index (κ2) is 10.0. The average Bonchev–Trinajstić information content (AvgIpc) is 3.31. The van der Waals surface area contributed by atoms with E-state index in [2.05, 4.69) is 12.1 Å². The van der Waals surface area contributed by atoms with Crippen LogP contribution in [0.5, 0.6) is 11.5 Å². The summed E-state index contributed by atoms with van der Waals surface area (Å²) in [5.41, 5.74) is 4.96. The molecule has 5 nitrogen and oxygen atoms in total. The number of fused-ring (bicyclic) bond motifs is 3. The van der Waals surface area contributed by atoms with E-state index >= 15 is 0 Å². The van der Waals surface area contributed by atoms with Crippen LogP contribution in [0.2, 0.25) is 10.0 Å². The molecule has 6 aromatic rings. The third kappa shape index (κ3) is 4.14. The highest BCUT2D eigenvalue weighted by atomic mass is 35.5. The van der Waals surface area contributed by atoms with Crippen LogP contribution in [-0.2, 0) is 6.42 Å². The van der Waals surface area contributed by atoms with Gasteiger partial charge in [-0.3, -0.25) is 0 Å². The Bertz CT molecular complexity index is 1760. The monoisotopic (exact) mass is 539 g/mol. The molecule has 6 rings (SSSR count). The Morgan fingerprint density at radius 2 is 1.34 bits per heavy atom. The van der Waals surface area contributed by atoms with Crippen LogP contribution in [-0.4, -0.2) is 29.0 Å². The van der Waals surface area contributed by atoms with Crippen LogP contribution in [0, 0.1) is 0 Å². The van der Waals surface area contributed by atoms with Crippen molar-refractivity contribution in [2.24, 2.45) is 0 Å². The molecule has 188 valence electrons. The molecule has 2 aromatic heterocycles. The van der Waals surface area contributed by atoms with E-state index in [0.29, 0.717) is 44.9 Å². The van der Waals surface area contributed by atoms with E-state index in [1.807, 2.05) is 83.5 Å². The fraction of sp³-hybridized carbons (Fsp3) is 0.0968. The lowest BCUT2D eigenvalue weighted by Crippen LogP contribution is -2.00. The number of hydrogen-bond acceptors (Lipinski definition) is 4. The Kier molecular flexibility index (Phi) is 6.40. The summed E-state index contributed by atoms with van der Waals surface area (Å²) < 4.78 is 13.3. The SMILES string of the molecule is COc1cc2c(-c3c(Cl)cccc3Cl)nc3c(c(Cc4ccccc4)nn3-c3ccccc3)c2cc1OC. The first-order chi connectivity index (χ1) is 18.6. The van der Waals surface area contributed by atoms with Crippen molar-refractivity contribution in [2.75, 3.05) is 14.2 Å². The van der Waals surface area contributed by atoms with Gasteiger partial charge in [-0.2, -0.15) is 5.10 Å². The van der Waals surface area contributed by atoms with Crippen molar-refractivity contribution in [3.63, 3.8) is 0 Å². The van der Waals surface area contributed by atoms with Gasteiger partial charge in [0.05, 0.1) is 46.7 Å². The molecule has 0 aliphatic carbocycles. The highest BCUT2D eigenvalue weighted by molar-refractivity contribution is 6.39. The Hall–Kier alpha value is -4.06. The minimum atomic E-state index is 0.510. The van der Waals surface area contributed by atoms with Crippen LogP contribution in [0.4, 0.5) is 0 Å². The van der Waals surface area contributed by atoms with Crippen molar-refractivity contribution in [3.8, 4) is 28.4 Å². The van der Waals surface area contributed by atoms with E-state index < -0.39 is 0 Å². The average molecular weight is 540 g/mol. The van der Waals surface area contributed by atoms with Crippen molar-refractivity contribution in [3.05, 3.63) is 112 Å². The summed E-state index contributed by atoms with van der Waals surface area (Å²) in [6.07, 6.45) is 0.633. The molecule has 38 heavy (non-hydrogen) atoms. The quantitative estimate of drug-likeness (QED) is 0.214. The standard InChI is InChI=1S/C31H23Cl2N3O2/c1-37-26-17-21-22(18-27(26)38-2)30(29-23(32)14-9-15-24(29)33)34-31-28(21)25(16-19-10-5-3-6-11-19)35-36(31)20-12-7-4-8-13-20/h3-15,17-18H,16H2,1-2H3. The first-order valence-corrected chi connectivity index (χ1v) is 12.9. The van der Waals surface area contributed by atoms with Crippen LogP contribution < -0.4 is 9.47 Å². The summed E-state index contributed by atoms with van der Waals surface area (Å²) in [7, 11) is 3.25. The number of aromatic nitrogens is 3. The minimum Gasteiger partial charge on any atom is -0.493 e. The number of pyridine rings is 1. The van der Waals surface area contributed by atoms with Gasteiger partial charge in [-0.25, -0.2) is 9.67 Å². The molecular weight excluding hydrogens is 517 g/mol. The summed E-state index contributed by atoms with van der Waals surface area (Å²) in [5.74, 6) is 1.20. The third-order valence-electron chi connectivity index (χ3n) is 6.61. The number of benzene rings is 4. The lowest BCUT2D eigenvalue weighted by atomic mass is 9.98. The molecule has 0 radical (unpaired) electrons. The molecule has 0 atom stereocenters. The molecule has 0 aliphatic heterocycles. The first kappa shape index (κ1) is 24.3. The molecule has 0 aliphatic rings. The van der Waals surface area contributed by atoms with Gasteiger partial charge in [0.2, 0.25) is 0 Å². The van der Waals surface area contributed by atoms with Gasteiger partial charge >= 0.3 is 0 Å². The van der Waals surface area contributed by atoms with E-state index in [0.717, 1.165) is 33.1 Å². The largest absolute Gasteiger partial charge is 0.493 e. The summed E-state index contributed by atoms with van der Waals surface area (Å²) in [6, 6.07) is 29.6. The van der Waals surface area contributed by atoms with Crippen molar-refractivity contribution in [1.29, 1.82) is 0 Å². The Morgan fingerprint density at radius 3 is 1.97 bits per heavy atom. The van der Waals surface area contributed by atoms with Crippen LogP contribution in [0.1, 0.15) is 11.3 Å². The van der Waals surface area contributed by atoms with E-state index in [1.54, 1.807) is 14.2 Å². The van der Waals surface area contributed by atoms with Crippen LogP contribution in [0.25, 0.3) is 38.8 Å². The molecule has 7 heteroatoms. The number of nitrogens with zero attached hydrogens (tertiary/aromatic N) is 3. The number of para-hydroxylation sites is 1. The van der Waals surface area contributed by atoms with Gasteiger partial charge < -0.3 is 9.47 Å². The van der Waals surface area contributed by atoms with Gasteiger partial charge in [0.25, 0.3) is 0 Å². The normalized spacial score (nSPS) is 11.3. The molecule has 0 amide bonds. The predicted molar refractivity (Wildman–Crippen MR) is 154 cm³/mol. The smallest absolute Gasteiger partial charge is 0.164 e. The zero-order chi connectivity index (χ0) is 26.2. The fourth-order valence-corrected chi connectivity index (χ4v) is 5.43. The maximum Gasteiger partial charge on any atom is 0.164 e. The first-order valence-electron chi connectivity index (χ1n) is 12.1. The molecule has 0 N–H and O–H groups in total. The maximum atomic E-state index is 6.71. The molecule has 0 bridgehead atoms. The Balaban J connectivity index is 1.78. The van der Waals surface area contributed by atoms with Gasteiger partial charge in [0.1, 0.15) is 0 Å². The Labute approximate surface area is 230 Å². The molecule has 0 unspecified atom stereocenters.